The van der Waals surface area contributed by atoms with Gasteiger partial charge in [0.05, 0.1) is 6.07 Å². The first-order valence-electron chi connectivity index (χ1n) is 4.86. The molecule has 1 aromatic carbocycles. The molecule has 0 aliphatic rings. The molecule has 1 aromatic rings. The number of aryl methyl sites for hydroxylation is 1. The van der Waals surface area contributed by atoms with Gasteiger partial charge in [0.25, 0.3) is 0 Å². The Morgan fingerprint density at radius 3 is 2.57 bits per heavy atom. The van der Waals surface area contributed by atoms with Crippen LogP contribution in [0.2, 0.25) is 0 Å². The standard InChI is InChI=1S/C12H16N2/c1-9(2)12(8-13)14-11-6-4-5-10(3)7-11/h4-7,9,12,14H,1-3H3. The molecule has 1 rings (SSSR count). The van der Waals surface area contributed by atoms with Gasteiger partial charge in [-0.1, -0.05) is 26.0 Å². The Bertz CT molecular complexity index is 336. The molecule has 0 saturated heterocycles. The van der Waals surface area contributed by atoms with Gasteiger partial charge in [0.1, 0.15) is 6.04 Å². The van der Waals surface area contributed by atoms with Gasteiger partial charge in [0.15, 0.2) is 0 Å². The quantitative estimate of drug-likeness (QED) is 0.791. The molecule has 1 atom stereocenters. The van der Waals surface area contributed by atoms with E-state index in [4.69, 9.17) is 5.26 Å². The van der Waals surface area contributed by atoms with E-state index in [2.05, 4.69) is 11.4 Å². The van der Waals surface area contributed by atoms with Crippen LogP contribution in [0.5, 0.6) is 0 Å². The minimum Gasteiger partial charge on any atom is -0.370 e. The van der Waals surface area contributed by atoms with Gasteiger partial charge in [-0.25, -0.2) is 0 Å². The zero-order chi connectivity index (χ0) is 10.6. The molecule has 1 unspecified atom stereocenters. The summed E-state index contributed by atoms with van der Waals surface area (Å²) in [6, 6.07) is 10.2. The van der Waals surface area contributed by atoms with E-state index in [-0.39, 0.29) is 6.04 Å². The van der Waals surface area contributed by atoms with Crippen LogP contribution in [0, 0.1) is 24.2 Å². The van der Waals surface area contributed by atoms with Gasteiger partial charge in [-0.15, -0.1) is 0 Å². The van der Waals surface area contributed by atoms with Gasteiger partial charge in [0.2, 0.25) is 0 Å². The van der Waals surface area contributed by atoms with E-state index in [1.165, 1.54) is 5.56 Å². The van der Waals surface area contributed by atoms with Crippen molar-refractivity contribution in [2.24, 2.45) is 5.92 Å². The van der Waals surface area contributed by atoms with Crippen molar-refractivity contribution in [2.75, 3.05) is 5.32 Å². The molecule has 0 radical (unpaired) electrons. The number of hydrogen-bond acceptors (Lipinski definition) is 2. The van der Waals surface area contributed by atoms with Crippen molar-refractivity contribution in [2.45, 2.75) is 26.8 Å². The maximum atomic E-state index is 8.91. The van der Waals surface area contributed by atoms with E-state index in [0.717, 1.165) is 5.69 Å². The van der Waals surface area contributed by atoms with Gasteiger partial charge >= 0.3 is 0 Å². The fourth-order valence-electron chi connectivity index (χ4n) is 1.26. The lowest BCUT2D eigenvalue weighted by molar-refractivity contribution is 0.609. The summed E-state index contributed by atoms with van der Waals surface area (Å²) in [6.07, 6.45) is 0. The van der Waals surface area contributed by atoms with Crippen LogP contribution in [0.25, 0.3) is 0 Å². The number of benzene rings is 1. The first-order valence-corrected chi connectivity index (χ1v) is 4.86. The SMILES string of the molecule is Cc1cccc(NC(C#N)C(C)C)c1. The van der Waals surface area contributed by atoms with Gasteiger partial charge in [-0.2, -0.15) is 5.26 Å². The highest BCUT2D eigenvalue weighted by Gasteiger charge is 2.10. The zero-order valence-corrected chi connectivity index (χ0v) is 8.91. The highest BCUT2D eigenvalue weighted by atomic mass is 14.9. The summed E-state index contributed by atoms with van der Waals surface area (Å²) < 4.78 is 0. The van der Waals surface area contributed by atoms with E-state index in [9.17, 15) is 0 Å². The summed E-state index contributed by atoms with van der Waals surface area (Å²) in [7, 11) is 0. The number of anilines is 1. The summed E-state index contributed by atoms with van der Waals surface area (Å²) in [4.78, 5) is 0. The van der Waals surface area contributed by atoms with Crippen molar-refractivity contribution in [3.63, 3.8) is 0 Å². The molecule has 2 nitrogen and oxygen atoms in total. The summed E-state index contributed by atoms with van der Waals surface area (Å²) >= 11 is 0. The second kappa shape index (κ2) is 4.66. The van der Waals surface area contributed by atoms with Crippen molar-refractivity contribution in [3.05, 3.63) is 29.8 Å². The van der Waals surface area contributed by atoms with Crippen molar-refractivity contribution in [3.8, 4) is 6.07 Å². The predicted molar refractivity (Wildman–Crippen MR) is 59.0 cm³/mol. The lowest BCUT2D eigenvalue weighted by atomic mass is 10.1. The van der Waals surface area contributed by atoms with Crippen molar-refractivity contribution < 1.29 is 0 Å². The largest absolute Gasteiger partial charge is 0.370 e. The molecule has 74 valence electrons. The van der Waals surface area contributed by atoms with E-state index >= 15 is 0 Å². The number of nitrogens with zero attached hydrogens (tertiary/aromatic N) is 1. The summed E-state index contributed by atoms with van der Waals surface area (Å²) in [6.45, 7) is 6.12. The van der Waals surface area contributed by atoms with Gasteiger partial charge < -0.3 is 5.32 Å². The zero-order valence-electron chi connectivity index (χ0n) is 8.91. The van der Waals surface area contributed by atoms with E-state index in [0.29, 0.717) is 5.92 Å². The fraction of sp³-hybridized carbons (Fsp3) is 0.417. The Kier molecular flexibility index (Phi) is 3.53. The Morgan fingerprint density at radius 2 is 2.07 bits per heavy atom. The summed E-state index contributed by atoms with van der Waals surface area (Å²) in [5.41, 5.74) is 2.22. The van der Waals surface area contributed by atoms with Crippen molar-refractivity contribution >= 4 is 5.69 Å². The van der Waals surface area contributed by atoms with E-state index < -0.39 is 0 Å². The number of hydrogen-bond donors (Lipinski definition) is 1. The molecule has 0 amide bonds. The number of rotatable bonds is 3. The Labute approximate surface area is 85.6 Å². The normalized spacial score (nSPS) is 12.2. The van der Waals surface area contributed by atoms with Crippen LogP contribution in [0.4, 0.5) is 5.69 Å². The van der Waals surface area contributed by atoms with Gasteiger partial charge in [-0.05, 0) is 30.5 Å². The molecule has 14 heavy (non-hydrogen) atoms. The molecule has 0 bridgehead atoms. The molecule has 0 aliphatic heterocycles. The first-order chi connectivity index (χ1) is 6.63. The smallest absolute Gasteiger partial charge is 0.116 e. The highest BCUT2D eigenvalue weighted by Crippen LogP contribution is 2.13. The maximum absolute atomic E-state index is 8.91. The molecule has 1 N–H and O–H groups in total. The lowest BCUT2D eigenvalue weighted by Crippen LogP contribution is -2.23. The van der Waals surface area contributed by atoms with Crippen LogP contribution in [0.1, 0.15) is 19.4 Å². The predicted octanol–water partition coefficient (Wildman–Crippen LogP) is 2.96. The molecule has 0 saturated carbocycles. The third kappa shape index (κ3) is 2.77. The first kappa shape index (κ1) is 10.6. The molecule has 0 aromatic heterocycles. The van der Waals surface area contributed by atoms with Crippen molar-refractivity contribution in [1.82, 2.24) is 0 Å². The van der Waals surface area contributed by atoms with Gasteiger partial charge in [-0.3, -0.25) is 0 Å². The Balaban J connectivity index is 2.73. The highest BCUT2D eigenvalue weighted by molar-refractivity contribution is 5.47. The topological polar surface area (TPSA) is 35.8 Å². The summed E-state index contributed by atoms with van der Waals surface area (Å²) in [5.74, 6) is 0.320. The fourth-order valence-corrected chi connectivity index (χ4v) is 1.26. The molecule has 0 spiro atoms. The molecular weight excluding hydrogens is 172 g/mol. The van der Waals surface area contributed by atoms with Crippen LogP contribution in [-0.4, -0.2) is 6.04 Å². The molecule has 0 heterocycles. The average Bonchev–Trinajstić information content (AvgIpc) is 2.14. The van der Waals surface area contributed by atoms with Crippen molar-refractivity contribution in [1.29, 1.82) is 5.26 Å². The monoisotopic (exact) mass is 188 g/mol. The minimum atomic E-state index is -0.114. The molecule has 2 heteroatoms. The van der Waals surface area contributed by atoms with E-state index in [1.54, 1.807) is 0 Å². The van der Waals surface area contributed by atoms with Crippen LogP contribution in [-0.2, 0) is 0 Å². The lowest BCUT2D eigenvalue weighted by Gasteiger charge is -2.16. The maximum Gasteiger partial charge on any atom is 0.116 e. The Morgan fingerprint density at radius 1 is 1.36 bits per heavy atom. The van der Waals surface area contributed by atoms with Crippen LogP contribution in [0.3, 0.4) is 0 Å². The van der Waals surface area contributed by atoms with Gasteiger partial charge in [0, 0.05) is 5.69 Å². The third-order valence-corrected chi connectivity index (χ3v) is 2.15. The summed E-state index contributed by atoms with van der Waals surface area (Å²) in [5, 5.41) is 12.1. The van der Waals surface area contributed by atoms with Crippen LogP contribution >= 0.6 is 0 Å². The second-order valence-electron chi connectivity index (χ2n) is 3.86. The Hall–Kier alpha value is -1.49. The second-order valence-corrected chi connectivity index (χ2v) is 3.86. The van der Waals surface area contributed by atoms with Crippen LogP contribution in [0.15, 0.2) is 24.3 Å². The third-order valence-electron chi connectivity index (χ3n) is 2.15. The minimum absolute atomic E-state index is 0.114. The molecule has 0 fully saturated rings. The van der Waals surface area contributed by atoms with E-state index in [1.807, 2.05) is 45.0 Å². The van der Waals surface area contributed by atoms with Crippen LogP contribution < -0.4 is 5.32 Å². The average molecular weight is 188 g/mol. The number of nitrogens with one attached hydrogen (secondary N) is 1. The molecule has 0 aliphatic carbocycles. The molecular formula is C12H16N2. The number of nitriles is 1.